The Morgan fingerprint density at radius 2 is 1.67 bits per heavy atom. The maximum atomic E-state index is 13.0. The summed E-state index contributed by atoms with van der Waals surface area (Å²) in [5.74, 6) is -0.0482. The summed E-state index contributed by atoms with van der Waals surface area (Å²) in [5, 5.41) is 3.23. The number of aromatic nitrogens is 1. The van der Waals surface area contributed by atoms with Gasteiger partial charge < -0.3 is 19.9 Å². The van der Waals surface area contributed by atoms with Gasteiger partial charge in [-0.05, 0) is 51.0 Å². The molecular weight excluding hydrogens is 382 g/mol. The molecule has 0 atom stereocenters. The summed E-state index contributed by atoms with van der Waals surface area (Å²) in [4.78, 5) is 42.3. The first-order valence-electron chi connectivity index (χ1n) is 11.3. The fourth-order valence-electron chi connectivity index (χ4n) is 4.84. The molecule has 0 radical (unpaired) electrons. The second-order valence-corrected chi connectivity index (χ2v) is 8.81. The van der Waals surface area contributed by atoms with E-state index < -0.39 is 5.97 Å². The van der Waals surface area contributed by atoms with Crippen LogP contribution >= 0.6 is 0 Å². The molecule has 0 spiro atoms. The van der Waals surface area contributed by atoms with Crippen LogP contribution in [-0.2, 0) is 9.53 Å². The molecule has 0 bridgehead atoms. The molecule has 3 rings (SSSR count). The van der Waals surface area contributed by atoms with E-state index in [-0.39, 0.29) is 11.8 Å². The van der Waals surface area contributed by atoms with Gasteiger partial charge in [-0.3, -0.25) is 9.59 Å². The van der Waals surface area contributed by atoms with Gasteiger partial charge in [0.05, 0.1) is 12.7 Å². The van der Waals surface area contributed by atoms with Crippen LogP contribution in [0.2, 0.25) is 0 Å². The zero-order valence-corrected chi connectivity index (χ0v) is 18.5. The topological polar surface area (TPSA) is 91.5 Å². The lowest BCUT2D eigenvalue weighted by Crippen LogP contribution is -2.41. The molecule has 2 fully saturated rings. The standard InChI is InChI=1S/C23H35N3O4/c1-15-20(23(29)30-3)16(2)24-21(15)22(28)26-12-10-17(11-13-26)14-19(27)25-18-8-6-4-5-7-9-18/h17-18,24H,4-14H2,1-3H3,(H,25,27). The fraction of sp³-hybridized carbons (Fsp3) is 0.696. The van der Waals surface area contributed by atoms with E-state index in [1.165, 1.54) is 32.8 Å². The van der Waals surface area contributed by atoms with Gasteiger partial charge in [0.1, 0.15) is 5.69 Å². The number of carbonyl (C=O) groups is 3. The third-order valence-corrected chi connectivity index (χ3v) is 6.64. The Morgan fingerprint density at radius 3 is 2.27 bits per heavy atom. The van der Waals surface area contributed by atoms with Crippen molar-refractivity contribution in [2.45, 2.75) is 77.7 Å². The normalized spacial score (nSPS) is 18.7. The number of rotatable bonds is 5. The number of esters is 1. The summed E-state index contributed by atoms with van der Waals surface area (Å²) in [7, 11) is 1.34. The molecule has 166 valence electrons. The van der Waals surface area contributed by atoms with Crippen LogP contribution in [0.3, 0.4) is 0 Å². The second-order valence-electron chi connectivity index (χ2n) is 8.81. The van der Waals surface area contributed by atoms with Gasteiger partial charge >= 0.3 is 5.97 Å². The lowest BCUT2D eigenvalue weighted by atomic mass is 9.92. The quantitative estimate of drug-likeness (QED) is 0.567. The van der Waals surface area contributed by atoms with E-state index in [0.717, 1.165) is 25.7 Å². The molecule has 1 aliphatic heterocycles. The zero-order valence-electron chi connectivity index (χ0n) is 18.5. The van der Waals surface area contributed by atoms with Crippen LogP contribution in [0, 0.1) is 19.8 Å². The lowest BCUT2D eigenvalue weighted by molar-refractivity contribution is -0.123. The number of aromatic amines is 1. The number of likely N-dealkylation sites (tertiary alicyclic amines) is 1. The maximum absolute atomic E-state index is 13.0. The van der Waals surface area contributed by atoms with Crippen molar-refractivity contribution in [1.29, 1.82) is 0 Å². The number of hydrogen-bond donors (Lipinski definition) is 2. The van der Waals surface area contributed by atoms with Gasteiger partial charge in [-0.25, -0.2) is 4.79 Å². The molecule has 1 aromatic rings. The SMILES string of the molecule is COC(=O)c1c(C)[nH]c(C(=O)N2CCC(CC(=O)NC3CCCCCC3)CC2)c1C. The molecule has 2 N–H and O–H groups in total. The van der Waals surface area contributed by atoms with Crippen molar-refractivity contribution in [2.75, 3.05) is 20.2 Å². The summed E-state index contributed by atoms with van der Waals surface area (Å²) >= 11 is 0. The van der Waals surface area contributed by atoms with Crippen LogP contribution < -0.4 is 5.32 Å². The maximum Gasteiger partial charge on any atom is 0.339 e. The van der Waals surface area contributed by atoms with Crippen molar-refractivity contribution in [3.8, 4) is 0 Å². The molecule has 1 aromatic heterocycles. The van der Waals surface area contributed by atoms with E-state index in [1.807, 2.05) is 4.90 Å². The highest BCUT2D eigenvalue weighted by molar-refractivity contribution is 6.00. The van der Waals surface area contributed by atoms with E-state index >= 15 is 0 Å². The molecule has 2 amide bonds. The number of H-pyrrole nitrogens is 1. The van der Waals surface area contributed by atoms with Gasteiger partial charge in [0.2, 0.25) is 5.91 Å². The monoisotopic (exact) mass is 417 g/mol. The summed E-state index contributed by atoms with van der Waals surface area (Å²) < 4.78 is 4.83. The Labute approximate surface area is 178 Å². The molecular formula is C23H35N3O4. The van der Waals surface area contributed by atoms with E-state index in [0.29, 0.717) is 54.0 Å². The summed E-state index contributed by atoms with van der Waals surface area (Å²) in [6, 6.07) is 0.338. The second kappa shape index (κ2) is 10.1. The minimum atomic E-state index is -0.432. The molecule has 1 saturated carbocycles. The summed E-state index contributed by atoms with van der Waals surface area (Å²) in [6.07, 6.45) is 9.37. The van der Waals surface area contributed by atoms with Crippen LogP contribution in [0.25, 0.3) is 0 Å². The van der Waals surface area contributed by atoms with Crippen LogP contribution in [0.4, 0.5) is 0 Å². The number of methoxy groups -OCH3 is 1. The number of hydrogen-bond acceptors (Lipinski definition) is 4. The molecule has 7 nitrogen and oxygen atoms in total. The number of nitrogens with one attached hydrogen (secondary N) is 2. The molecule has 2 aliphatic rings. The average molecular weight is 418 g/mol. The van der Waals surface area contributed by atoms with Crippen LogP contribution in [-0.4, -0.2) is 53.9 Å². The van der Waals surface area contributed by atoms with Crippen molar-refractivity contribution in [3.63, 3.8) is 0 Å². The zero-order chi connectivity index (χ0) is 21.7. The van der Waals surface area contributed by atoms with Crippen molar-refractivity contribution >= 4 is 17.8 Å². The molecule has 0 unspecified atom stereocenters. The van der Waals surface area contributed by atoms with Crippen LogP contribution in [0.15, 0.2) is 0 Å². The van der Waals surface area contributed by atoms with Crippen LogP contribution in [0.1, 0.15) is 89.9 Å². The number of piperidine rings is 1. The van der Waals surface area contributed by atoms with E-state index in [4.69, 9.17) is 4.74 Å². The van der Waals surface area contributed by atoms with E-state index in [1.54, 1.807) is 13.8 Å². The highest BCUT2D eigenvalue weighted by Crippen LogP contribution is 2.25. The Bertz CT molecular complexity index is 770. The third-order valence-electron chi connectivity index (χ3n) is 6.64. The Hall–Kier alpha value is -2.31. The minimum absolute atomic E-state index is 0.0906. The lowest BCUT2D eigenvalue weighted by Gasteiger charge is -2.32. The van der Waals surface area contributed by atoms with Crippen molar-refractivity contribution in [1.82, 2.24) is 15.2 Å². The first-order chi connectivity index (χ1) is 14.4. The van der Waals surface area contributed by atoms with Crippen molar-refractivity contribution in [2.24, 2.45) is 5.92 Å². The number of ether oxygens (including phenoxy) is 1. The van der Waals surface area contributed by atoms with Gasteiger partial charge in [-0.1, -0.05) is 25.7 Å². The van der Waals surface area contributed by atoms with Crippen molar-refractivity contribution < 1.29 is 19.1 Å². The third kappa shape index (κ3) is 5.24. The largest absolute Gasteiger partial charge is 0.465 e. The van der Waals surface area contributed by atoms with Crippen LogP contribution in [0.5, 0.6) is 0 Å². The summed E-state index contributed by atoms with van der Waals surface area (Å²) in [5.41, 5.74) is 2.17. The molecule has 7 heteroatoms. The van der Waals surface area contributed by atoms with E-state index in [9.17, 15) is 14.4 Å². The molecule has 2 heterocycles. The highest BCUT2D eigenvalue weighted by atomic mass is 16.5. The Balaban J connectivity index is 1.51. The van der Waals surface area contributed by atoms with Gasteiger partial charge in [0.25, 0.3) is 5.91 Å². The first-order valence-corrected chi connectivity index (χ1v) is 11.3. The van der Waals surface area contributed by atoms with E-state index in [2.05, 4.69) is 10.3 Å². The molecule has 0 aromatic carbocycles. The Kier molecular flexibility index (Phi) is 7.56. The minimum Gasteiger partial charge on any atom is -0.465 e. The highest BCUT2D eigenvalue weighted by Gasteiger charge is 2.29. The van der Waals surface area contributed by atoms with Gasteiger partial charge in [0, 0.05) is 31.2 Å². The molecule has 30 heavy (non-hydrogen) atoms. The number of aryl methyl sites for hydroxylation is 1. The average Bonchev–Trinajstić information content (AvgIpc) is 2.88. The fourth-order valence-corrected chi connectivity index (χ4v) is 4.84. The molecule has 1 aliphatic carbocycles. The number of amides is 2. The van der Waals surface area contributed by atoms with Gasteiger partial charge in [-0.15, -0.1) is 0 Å². The summed E-state index contributed by atoms with van der Waals surface area (Å²) in [6.45, 7) is 4.80. The predicted molar refractivity (Wildman–Crippen MR) is 114 cm³/mol. The first kappa shape index (κ1) is 22.4. The predicted octanol–water partition coefficient (Wildman–Crippen LogP) is 3.50. The van der Waals surface area contributed by atoms with Gasteiger partial charge in [-0.2, -0.15) is 0 Å². The number of nitrogens with zero attached hydrogens (tertiary/aromatic N) is 1. The van der Waals surface area contributed by atoms with Gasteiger partial charge in [0.15, 0.2) is 0 Å². The number of carbonyl (C=O) groups excluding carboxylic acids is 3. The van der Waals surface area contributed by atoms with Crippen molar-refractivity contribution in [3.05, 3.63) is 22.5 Å². The smallest absolute Gasteiger partial charge is 0.339 e. The molecule has 1 saturated heterocycles. The Morgan fingerprint density at radius 1 is 1.03 bits per heavy atom.